The molecule has 3 heteroatoms. The van der Waals surface area contributed by atoms with Gasteiger partial charge >= 0.3 is 0 Å². The molecule has 0 aromatic heterocycles. The van der Waals surface area contributed by atoms with E-state index in [1.807, 2.05) is 33.0 Å². The molecule has 18 heavy (non-hydrogen) atoms. The molecule has 0 saturated carbocycles. The fraction of sp³-hybridized carbons (Fsp3) is 0.600. The van der Waals surface area contributed by atoms with Crippen LogP contribution in [0.25, 0.3) is 0 Å². The molecule has 0 heterocycles. The molecule has 3 nitrogen and oxygen atoms in total. The smallest absolute Gasteiger partial charge is 0.119 e. The van der Waals surface area contributed by atoms with Crippen LogP contribution in [0.5, 0.6) is 5.75 Å². The fourth-order valence-corrected chi connectivity index (χ4v) is 2.17. The van der Waals surface area contributed by atoms with Crippen LogP contribution in [0, 0.1) is 0 Å². The van der Waals surface area contributed by atoms with Gasteiger partial charge in [0.15, 0.2) is 0 Å². The van der Waals surface area contributed by atoms with Crippen molar-refractivity contribution >= 4 is 0 Å². The molecule has 102 valence electrons. The molecule has 0 radical (unpaired) electrons. The van der Waals surface area contributed by atoms with Gasteiger partial charge < -0.3 is 14.8 Å². The first kappa shape index (κ1) is 15.0. The highest BCUT2D eigenvalue weighted by Gasteiger charge is 2.20. The van der Waals surface area contributed by atoms with Crippen molar-refractivity contribution in [2.75, 3.05) is 20.3 Å². The topological polar surface area (TPSA) is 30.5 Å². The Morgan fingerprint density at radius 2 is 1.72 bits per heavy atom. The highest BCUT2D eigenvalue weighted by atomic mass is 16.5. The standard InChI is InChI=1S/C15H25NO2/c1-5-14(18-7-3)15(16-4)12-8-10-13(11-9-12)17-6-2/h8-11,14-16H,5-7H2,1-4H3. The Morgan fingerprint density at radius 3 is 2.17 bits per heavy atom. The molecule has 0 spiro atoms. The number of rotatable bonds is 8. The quantitative estimate of drug-likeness (QED) is 0.770. The number of hydrogen-bond donors (Lipinski definition) is 1. The third-order valence-electron chi connectivity index (χ3n) is 3.02. The lowest BCUT2D eigenvalue weighted by Gasteiger charge is -2.26. The summed E-state index contributed by atoms with van der Waals surface area (Å²) in [5.74, 6) is 0.917. The van der Waals surface area contributed by atoms with E-state index in [1.165, 1.54) is 5.56 Å². The molecule has 0 aliphatic carbocycles. The van der Waals surface area contributed by atoms with E-state index < -0.39 is 0 Å². The number of hydrogen-bond acceptors (Lipinski definition) is 3. The molecule has 2 atom stereocenters. The second-order valence-electron chi connectivity index (χ2n) is 4.17. The van der Waals surface area contributed by atoms with Crippen molar-refractivity contribution in [1.82, 2.24) is 5.32 Å². The molecule has 0 saturated heterocycles. The Bertz CT molecular complexity index is 324. The van der Waals surface area contributed by atoms with E-state index in [0.29, 0.717) is 6.61 Å². The highest BCUT2D eigenvalue weighted by Crippen LogP contribution is 2.23. The first-order chi connectivity index (χ1) is 8.76. The van der Waals surface area contributed by atoms with E-state index in [0.717, 1.165) is 18.8 Å². The van der Waals surface area contributed by atoms with Gasteiger partial charge in [-0.15, -0.1) is 0 Å². The van der Waals surface area contributed by atoms with Crippen molar-refractivity contribution in [2.45, 2.75) is 39.3 Å². The third kappa shape index (κ3) is 4.00. The van der Waals surface area contributed by atoms with Gasteiger partial charge in [-0.3, -0.25) is 0 Å². The Kier molecular flexibility index (Phi) is 6.76. The SMILES string of the molecule is CCOc1ccc(C(NC)C(CC)OCC)cc1. The maximum Gasteiger partial charge on any atom is 0.119 e. The lowest BCUT2D eigenvalue weighted by atomic mass is 9.99. The minimum Gasteiger partial charge on any atom is -0.494 e. The summed E-state index contributed by atoms with van der Waals surface area (Å²) in [5.41, 5.74) is 1.24. The zero-order chi connectivity index (χ0) is 13.4. The molecule has 1 N–H and O–H groups in total. The second-order valence-corrected chi connectivity index (χ2v) is 4.17. The predicted octanol–water partition coefficient (Wildman–Crippen LogP) is 3.16. The number of nitrogens with one attached hydrogen (secondary N) is 1. The van der Waals surface area contributed by atoms with Crippen LogP contribution in [-0.2, 0) is 4.74 Å². The van der Waals surface area contributed by atoms with Gasteiger partial charge in [-0.1, -0.05) is 19.1 Å². The van der Waals surface area contributed by atoms with Crippen molar-refractivity contribution < 1.29 is 9.47 Å². The first-order valence-corrected chi connectivity index (χ1v) is 6.78. The summed E-state index contributed by atoms with van der Waals surface area (Å²) in [7, 11) is 1.98. The average molecular weight is 251 g/mol. The van der Waals surface area contributed by atoms with Crippen LogP contribution >= 0.6 is 0 Å². The van der Waals surface area contributed by atoms with Crippen molar-refractivity contribution in [3.63, 3.8) is 0 Å². The molecule has 1 rings (SSSR count). The molecule has 1 aromatic rings. The number of ether oxygens (including phenoxy) is 2. The van der Waals surface area contributed by atoms with E-state index in [2.05, 4.69) is 24.4 Å². The number of benzene rings is 1. The Morgan fingerprint density at radius 1 is 1.06 bits per heavy atom. The van der Waals surface area contributed by atoms with Crippen LogP contribution in [-0.4, -0.2) is 26.4 Å². The molecule has 0 aliphatic rings. The lowest BCUT2D eigenvalue weighted by Crippen LogP contribution is -2.31. The molecular formula is C15H25NO2. The van der Waals surface area contributed by atoms with E-state index in [1.54, 1.807) is 0 Å². The largest absolute Gasteiger partial charge is 0.494 e. The Hall–Kier alpha value is -1.06. The van der Waals surface area contributed by atoms with Crippen LogP contribution < -0.4 is 10.1 Å². The van der Waals surface area contributed by atoms with Gasteiger partial charge in [0, 0.05) is 6.61 Å². The molecule has 0 aliphatic heterocycles. The summed E-state index contributed by atoms with van der Waals surface area (Å²) >= 11 is 0. The van der Waals surface area contributed by atoms with E-state index in [-0.39, 0.29) is 12.1 Å². The first-order valence-electron chi connectivity index (χ1n) is 6.78. The molecule has 1 aromatic carbocycles. The van der Waals surface area contributed by atoms with Crippen molar-refractivity contribution in [3.05, 3.63) is 29.8 Å². The highest BCUT2D eigenvalue weighted by molar-refractivity contribution is 5.29. The van der Waals surface area contributed by atoms with E-state index >= 15 is 0 Å². The summed E-state index contributed by atoms with van der Waals surface area (Å²) in [6, 6.07) is 8.47. The van der Waals surface area contributed by atoms with Crippen molar-refractivity contribution in [3.8, 4) is 5.75 Å². The summed E-state index contributed by atoms with van der Waals surface area (Å²) < 4.78 is 11.2. The van der Waals surface area contributed by atoms with Gasteiger partial charge in [0.1, 0.15) is 5.75 Å². The van der Waals surface area contributed by atoms with Gasteiger partial charge in [-0.05, 0) is 45.0 Å². The molecule has 0 amide bonds. The van der Waals surface area contributed by atoms with Crippen LogP contribution in [0.4, 0.5) is 0 Å². The van der Waals surface area contributed by atoms with Gasteiger partial charge in [0.05, 0.1) is 18.8 Å². The van der Waals surface area contributed by atoms with Crippen LogP contribution in [0.3, 0.4) is 0 Å². The predicted molar refractivity (Wildman–Crippen MR) is 75.1 cm³/mol. The lowest BCUT2D eigenvalue weighted by molar-refractivity contribution is 0.0334. The van der Waals surface area contributed by atoms with Crippen molar-refractivity contribution in [1.29, 1.82) is 0 Å². The summed E-state index contributed by atoms with van der Waals surface area (Å²) in [5, 5.41) is 3.34. The zero-order valence-electron chi connectivity index (χ0n) is 11.9. The number of likely N-dealkylation sites (N-methyl/N-ethyl adjacent to an activating group) is 1. The monoisotopic (exact) mass is 251 g/mol. The van der Waals surface area contributed by atoms with Crippen LogP contribution in [0.1, 0.15) is 38.8 Å². The third-order valence-corrected chi connectivity index (χ3v) is 3.02. The minimum atomic E-state index is 0.206. The van der Waals surface area contributed by atoms with E-state index in [4.69, 9.17) is 9.47 Å². The average Bonchev–Trinajstić information content (AvgIpc) is 2.40. The summed E-state index contributed by atoms with van der Waals surface area (Å²) in [6.45, 7) is 7.62. The van der Waals surface area contributed by atoms with Crippen LogP contribution in [0.2, 0.25) is 0 Å². The zero-order valence-corrected chi connectivity index (χ0v) is 11.9. The van der Waals surface area contributed by atoms with Crippen LogP contribution in [0.15, 0.2) is 24.3 Å². The Labute approximate surface area is 110 Å². The Balaban J connectivity index is 2.80. The van der Waals surface area contributed by atoms with Gasteiger partial charge in [0.2, 0.25) is 0 Å². The van der Waals surface area contributed by atoms with E-state index in [9.17, 15) is 0 Å². The second kappa shape index (κ2) is 8.11. The fourth-order valence-electron chi connectivity index (χ4n) is 2.17. The molecule has 0 bridgehead atoms. The van der Waals surface area contributed by atoms with Gasteiger partial charge in [0.25, 0.3) is 0 Å². The van der Waals surface area contributed by atoms with Crippen molar-refractivity contribution in [2.24, 2.45) is 0 Å². The minimum absolute atomic E-state index is 0.206. The molecular weight excluding hydrogens is 226 g/mol. The van der Waals surface area contributed by atoms with Gasteiger partial charge in [-0.25, -0.2) is 0 Å². The molecule has 2 unspecified atom stereocenters. The van der Waals surface area contributed by atoms with Gasteiger partial charge in [-0.2, -0.15) is 0 Å². The molecule has 0 fully saturated rings. The normalized spacial score (nSPS) is 14.2. The summed E-state index contributed by atoms with van der Waals surface area (Å²) in [4.78, 5) is 0. The maximum atomic E-state index is 5.78. The maximum absolute atomic E-state index is 5.78. The summed E-state index contributed by atoms with van der Waals surface area (Å²) in [6.07, 6.45) is 1.20.